The molecule has 1 atom stereocenters. The van der Waals surface area contributed by atoms with Crippen molar-refractivity contribution in [3.05, 3.63) is 58.3 Å². The lowest BCUT2D eigenvalue weighted by Crippen LogP contribution is -2.43. The highest BCUT2D eigenvalue weighted by atomic mass is 16.1. The molecule has 2 fully saturated rings. The maximum absolute atomic E-state index is 13.2. The molecule has 4 heterocycles. The quantitative estimate of drug-likeness (QED) is 0.559. The summed E-state index contributed by atoms with van der Waals surface area (Å²) in [6.07, 6.45) is 8.13. The van der Waals surface area contributed by atoms with Crippen LogP contribution in [0.1, 0.15) is 43.0 Å². The lowest BCUT2D eigenvalue weighted by Gasteiger charge is -2.30. The van der Waals surface area contributed by atoms with Crippen LogP contribution >= 0.6 is 0 Å². The number of hydrogen-bond acceptors (Lipinski definition) is 5. The number of nitrogens with one attached hydrogen (secondary N) is 1. The van der Waals surface area contributed by atoms with Gasteiger partial charge < -0.3 is 5.32 Å². The van der Waals surface area contributed by atoms with E-state index in [4.69, 9.17) is 5.10 Å². The Balaban J connectivity index is 1.41. The average Bonchev–Trinajstić information content (AvgIpc) is 3.35. The van der Waals surface area contributed by atoms with Gasteiger partial charge in [-0.05, 0) is 69.8 Å². The van der Waals surface area contributed by atoms with Crippen LogP contribution in [-0.2, 0) is 0 Å². The first-order valence-corrected chi connectivity index (χ1v) is 10.6. The summed E-state index contributed by atoms with van der Waals surface area (Å²) in [6, 6.07) is 8.13. The number of imidazole rings is 1. The van der Waals surface area contributed by atoms with Gasteiger partial charge in [0.2, 0.25) is 0 Å². The number of benzene rings is 1. The molecule has 6 rings (SSSR count). The summed E-state index contributed by atoms with van der Waals surface area (Å²) >= 11 is 0. The van der Waals surface area contributed by atoms with Crippen LogP contribution in [0.2, 0.25) is 0 Å². The summed E-state index contributed by atoms with van der Waals surface area (Å²) in [6.45, 7) is 4.96. The van der Waals surface area contributed by atoms with E-state index in [9.17, 15) is 4.79 Å². The SMILES string of the molecule is Cc1cn2nc(-c3ccc4c(=O)n([C@H]5CCNC6(CC6)C5)ncc4c3)cc(C)c2n1. The molecule has 0 radical (unpaired) electrons. The molecule has 2 aliphatic rings. The van der Waals surface area contributed by atoms with E-state index in [1.807, 2.05) is 55.0 Å². The molecule has 1 saturated carbocycles. The number of hydrogen-bond donors (Lipinski definition) is 1. The molecule has 30 heavy (non-hydrogen) atoms. The van der Waals surface area contributed by atoms with Crippen molar-refractivity contribution in [2.24, 2.45) is 0 Å². The van der Waals surface area contributed by atoms with Crippen molar-refractivity contribution in [1.29, 1.82) is 0 Å². The van der Waals surface area contributed by atoms with E-state index in [-0.39, 0.29) is 17.1 Å². The summed E-state index contributed by atoms with van der Waals surface area (Å²) in [4.78, 5) is 17.7. The van der Waals surface area contributed by atoms with Gasteiger partial charge in [0, 0.05) is 16.5 Å². The third-order valence-corrected chi connectivity index (χ3v) is 6.64. The fourth-order valence-corrected chi connectivity index (χ4v) is 4.84. The minimum Gasteiger partial charge on any atom is -0.311 e. The topological polar surface area (TPSA) is 77.1 Å². The first-order chi connectivity index (χ1) is 14.5. The zero-order valence-electron chi connectivity index (χ0n) is 17.2. The minimum absolute atomic E-state index is 0.00609. The van der Waals surface area contributed by atoms with Crippen LogP contribution in [0.5, 0.6) is 0 Å². The fourth-order valence-electron chi connectivity index (χ4n) is 4.84. The highest BCUT2D eigenvalue weighted by molar-refractivity contribution is 5.85. The van der Waals surface area contributed by atoms with E-state index in [0.717, 1.165) is 52.9 Å². The maximum atomic E-state index is 13.2. The average molecular weight is 400 g/mol. The summed E-state index contributed by atoms with van der Waals surface area (Å²) in [7, 11) is 0. The first kappa shape index (κ1) is 17.8. The van der Waals surface area contributed by atoms with Crippen LogP contribution in [0, 0.1) is 13.8 Å². The molecule has 1 N–H and O–H groups in total. The Morgan fingerprint density at radius 3 is 2.90 bits per heavy atom. The molecule has 152 valence electrons. The van der Waals surface area contributed by atoms with Crippen LogP contribution < -0.4 is 10.9 Å². The van der Waals surface area contributed by atoms with Crippen molar-refractivity contribution in [2.45, 2.75) is 51.1 Å². The van der Waals surface area contributed by atoms with Crippen LogP contribution in [0.3, 0.4) is 0 Å². The summed E-state index contributed by atoms with van der Waals surface area (Å²) in [5.41, 5.74) is 4.98. The second kappa shape index (κ2) is 6.22. The second-order valence-electron chi connectivity index (χ2n) is 8.91. The van der Waals surface area contributed by atoms with Crippen LogP contribution in [0.15, 0.2) is 41.5 Å². The van der Waals surface area contributed by atoms with E-state index in [0.29, 0.717) is 5.39 Å². The van der Waals surface area contributed by atoms with Crippen molar-refractivity contribution < 1.29 is 0 Å². The fraction of sp³-hybridized carbons (Fsp3) is 0.391. The lowest BCUT2D eigenvalue weighted by atomic mass is 9.97. The Bertz CT molecular complexity index is 1360. The van der Waals surface area contributed by atoms with Gasteiger partial charge in [0.1, 0.15) is 0 Å². The van der Waals surface area contributed by atoms with E-state index in [1.165, 1.54) is 12.8 Å². The molecule has 7 nitrogen and oxygen atoms in total. The number of rotatable bonds is 2. The second-order valence-corrected chi connectivity index (χ2v) is 8.91. The third kappa shape index (κ3) is 2.76. The standard InChI is InChI=1S/C23H24N6O/c1-14-9-20(27-28-13-15(2)26-21(14)28)16-3-4-19-17(10-16)12-25-29(22(19)30)18-5-8-24-23(11-18)6-7-23/h3-4,9-10,12-13,18,24H,5-8,11H2,1-2H3/t18-/m0/s1. The number of nitrogens with zero attached hydrogens (tertiary/aromatic N) is 5. The molecule has 1 spiro atoms. The van der Waals surface area contributed by atoms with Gasteiger partial charge in [-0.1, -0.05) is 6.07 Å². The van der Waals surface area contributed by atoms with E-state index in [1.54, 1.807) is 4.68 Å². The molecular weight excluding hydrogens is 376 g/mol. The highest BCUT2D eigenvalue weighted by Crippen LogP contribution is 2.44. The Morgan fingerprint density at radius 1 is 1.20 bits per heavy atom. The Hall–Kier alpha value is -3.06. The number of piperidine rings is 1. The van der Waals surface area contributed by atoms with Gasteiger partial charge in [-0.2, -0.15) is 10.2 Å². The molecule has 4 aromatic rings. The predicted molar refractivity (Wildman–Crippen MR) is 116 cm³/mol. The first-order valence-electron chi connectivity index (χ1n) is 10.6. The Morgan fingerprint density at radius 2 is 2.07 bits per heavy atom. The van der Waals surface area contributed by atoms with Gasteiger partial charge in [0.05, 0.1) is 35.2 Å². The molecule has 1 aliphatic carbocycles. The normalized spacial score (nSPS) is 20.3. The minimum atomic E-state index is 0.00609. The number of fused-ring (bicyclic) bond motifs is 2. The van der Waals surface area contributed by atoms with E-state index < -0.39 is 0 Å². The molecule has 0 unspecified atom stereocenters. The van der Waals surface area contributed by atoms with Crippen molar-refractivity contribution in [3.8, 4) is 11.3 Å². The van der Waals surface area contributed by atoms with E-state index in [2.05, 4.69) is 15.4 Å². The zero-order valence-corrected chi connectivity index (χ0v) is 17.2. The van der Waals surface area contributed by atoms with Crippen molar-refractivity contribution in [2.75, 3.05) is 6.54 Å². The summed E-state index contributed by atoms with van der Waals surface area (Å²) in [5.74, 6) is 0. The Labute approximate surface area is 173 Å². The monoisotopic (exact) mass is 400 g/mol. The van der Waals surface area contributed by atoms with Crippen molar-refractivity contribution in [1.82, 2.24) is 29.7 Å². The number of aromatic nitrogens is 5. The summed E-state index contributed by atoms with van der Waals surface area (Å²) in [5, 5.41) is 14.5. The molecule has 7 heteroatoms. The molecule has 1 aromatic carbocycles. The smallest absolute Gasteiger partial charge is 0.274 e. The molecule has 1 saturated heterocycles. The summed E-state index contributed by atoms with van der Waals surface area (Å²) < 4.78 is 3.54. The van der Waals surface area contributed by atoms with Gasteiger partial charge >= 0.3 is 0 Å². The molecular formula is C23H24N6O. The lowest BCUT2D eigenvalue weighted by molar-refractivity contribution is 0.264. The Kier molecular flexibility index (Phi) is 3.68. The predicted octanol–water partition coefficient (Wildman–Crippen LogP) is 3.18. The molecule has 3 aromatic heterocycles. The number of aryl methyl sites for hydroxylation is 2. The van der Waals surface area contributed by atoms with Gasteiger partial charge in [-0.3, -0.25) is 4.79 Å². The molecule has 1 aliphatic heterocycles. The third-order valence-electron chi connectivity index (χ3n) is 6.64. The van der Waals surface area contributed by atoms with Crippen molar-refractivity contribution in [3.63, 3.8) is 0 Å². The van der Waals surface area contributed by atoms with Crippen LogP contribution in [0.4, 0.5) is 0 Å². The van der Waals surface area contributed by atoms with Gasteiger partial charge in [-0.25, -0.2) is 14.2 Å². The van der Waals surface area contributed by atoms with Gasteiger partial charge in [-0.15, -0.1) is 0 Å². The maximum Gasteiger partial charge on any atom is 0.274 e. The van der Waals surface area contributed by atoms with Gasteiger partial charge in [0.25, 0.3) is 5.56 Å². The van der Waals surface area contributed by atoms with E-state index >= 15 is 0 Å². The largest absolute Gasteiger partial charge is 0.311 e. The van der Waals surface area contributed by atoms with Crippen molar-refractivity contribution >= 4 is 16.4 Å². The highest BCUT2D eigenvalue weighted by Gasteiger charge is 2.46. The van der Waals surface area contributed by atoms with Crippen LogP contribution in [-0.4, -0.2) is 36.5 Å². The molecule has 0 amide bonds. The molecule has 0 bridgehead atoms. The van der Waals surface area contributed by atoms with Crippen LogP contribution in [0.25, 0.3) is 27.7 Å². The van der Waals surface area contributed by atoms with Gasteiger partial charge in [0.15, 0.2) is 5.65 Å². The zero-order chi connectivity index (χ0) is 20.5.